The zero-order chi connectivity index (χ0) is 19.1. The minimum absolute atomic E-state index is 0.138. The van der Waals surface area contributed by atoms with Crippen molar-refractivity contribution >= 4 is 22.5 Å². The molecule has 2 aliphatic rings. The topological polar surface area (TPSA) is 72.6 Å². The van der Waals surface area contributed by atoms with Crippen molar-refractivity contribution in [3.63, 3.8) is 0 Å². The molecule has 2 fully saturated rings. The van der Waals surface area contributed by atoms with E-state index in [2.05, 4.69) is 40.6 Å². The lowest BCUT2D eigenvalue weighted by atomic mass is 9.84. The Labute approximate surface area is 163 Å². The Morgan fingerprint density at radius 1 is 1.29 bits per heavy atom. The number of ether oxygens (including phenoxy) is 1. The van der Waals surface area contributed by atoms with Crippen LogP contribution in [0.15, 0.2) is 24.3 Å². The van der Waals surface area contributed by atoms with E-state index in [1.165, 1.54) is 0 Å². The van der Waals surface area contributed by atoms with Gasteiger partial charge in [-0.1, -0.05) is 24.6 Å². The van der Waals surface area contributed by atoms with Gasteiger partial charge in [0.05, 0.1) is 11.6 Å². The fourth-order valence-electron chi connectivity index (χ4n) is 4.38. The number of nitrogens with zero attached hydrogens (tertiary/aromatic N) is 5. The number of aryl methyl sites for hydroxylation is 1. The Bertz CT molecular complexity index is 1020. The highest BCUT2D eigenvalue weighted by molar-refractivity contribution is 5.86. The number of benzene rings is 1. The third-order valence-electron chi connectivity index (χ3n) is 6.14. The fraction of sp³-hybridized carbons (Fsp3) is 0.524. The summed E-state index contributed by atoms with van der Waals surface area (Å²) >= 11 is 0. The van der Waals surface area contributed by atoms with Crippen LogP contribution in [0.3, 0.4) is 0 Å². The number of rotatable bonds is 5. The number of para-hydroxylation sites is 1. The molecular weight excluding hydrogens is 354 g/mol. The van der Waals surface area contributed by atoms with Gasteiger partial charge in [0, 0.05) is 36.6 Å². The van der Waals surface area contributed by atoms with Crippen LogP contribution in [0, 0.1) is 12.8 Å². The van der Waals surface area contributed by atoms with Gasteiger partial charge in [-0.05, 0) is 54.7 Å². The van der Waals surface area contributed by atoms with Crippen molar-refractivity contribution in [3.05, 3.63) is 35.4 Å². The van der Waals surface area contributed by atoms with Crippen molar-refractivity contribution in [2.75, 3.05) is 13.2 Å². The summed E-state index contributed by atoms with van der Waals surface area (Å²) in [5, 5.41) is 13.5. The average molecular weight is 379 g/mol. The third-order valence-corrected chi connectivity index (χ3v) is 6.14. The number of carbonyl (C=O) groups is 1. The fourth-order valence-corrected chi connectivity index (χ4v) is 4.38. The normalized spacial score (nSPS) is 20.0. The highest BCUT2D eigenvalue weighted by atomic mass is 16.5. The van der Waals surface area contributed by atoms with Crippen molar-refractivity contribution in [3.8, 4) is 0 Å². The molecule has 1 aliphatic carbocycles. The second-order valence-corrected chi connectivity index (χ2v) is 8.08. The maximum atomic E-state index is 13.1. The molecule has 3 aromatic rings. The smallest absolute Gasteiger partial charge is 0.226 e. The van der Waals surface area contributed by atoms with Crippen molar-refractivity contribution in [2.24, 2.45) is 5.92 Å². The number of carbonyl (C=O) groups excluding carboxylic acids is 1. The molecule has 1 atom stereocenters. The minimum atomic E-state index is 0.138. The molecule has 28 heavy (non-hydrogen) atoms. The molecule has 0 radical (unpaired) electrons. The van der Waals surface area contributed by atoms with Gasteiger partial charge in [-0.2, -0.15) is 4.52 Å². The molecule has 1 amide bonds. The first kappa shape index (κ1) is 17.6. The van der Waals surface area contributed by atoms with E-state index in [1.807, 2.05) is 11.0 Å². The molecule has 0 N–H and O–H groups in total. The molecule has 0 bridgehead atoms. The minimum Gasteiger partial charge on any atom is -0.376 e. The molecule has 1 aromatic carbocycles. The summed E-state index contributed by atoms with van der Waals surface area (Å²) in [5.74, 6) is 0.410. The lowest BCUT2D eigenvalue weighted by molar-refractivity contribution is -0.140. The van der Waals surface area contributed by atoms with Crippen LogP contribution in [0.4, 0.5) is 0 Å². The zero-order valence-corrected chi connectivity index (χ0v) is 16.2. The molecule has 1 aliphatic heterocycles. The number of fused-ring (bicyclic) bond motifs is 3. The standard InChI is InChI=1S/C21H25N5O2/c1-14-5-2-8-16-11-17(20-22-23-24-26(20)19(14)16)12-25(13-18-9-4-10-28-18)21(27)15-6-3-7-15/h2,5,8,11,15,18H,3-4,6-7,9-10,12-13H2,1H3. The maximum Gasteiger partial charge on any atom is 0.226 e. The van der Waals surface area contributed by atoms with E-state index in [4.69, 9.17) is 4.74 Å². The Kier molecular flexibility index (Phi) is 4.47. The maximum absolute atomic E-state index is 13.1. The van der Waals surface area contributed by atoms with Crippen LogP contribution in [0.5, 0.6) is 0 Å². The quantitative estimate of drug-likeness (QED) is 0.682. The van der Waals surface area contributed by atoms with Gasteiger partial charge in [-0.25, -0.2) is 0 Å². The molecule has 7 nitrogen and oxygen atoms in total. The lowest BCUT2D eigenvalue weighted by Gasteiger charge is -2.33. The van der Waals surface area contributed by atoms with Crippen LogP contribution in [0.2, 0.25) is 0 Å². The van der Waals surface area contributed by atoms with Gasteiger partial charge < -0.3 is 9.64 Å². The molecule has 146 valence electrons. The molecular formula is C21H25N5O2. The van der Waals surface area contributed by atoms with Gasteiger partial charge in [0.1, 0.15) is 0 Å². The van der Waals surface area contributed by atoms with Crippen LogP contribution in [-0.4, -0.2) is 50.1 Å². The average Bonchev–Trinajstić information content (AvgIpc) is 3.31. The summed E-state index contributed by atoms with van der Waals surface area (Å²) < 4.78 is 7.63. The van der Waals surface area contributed by atoms with Gasteiger partial charge in [0.2, 0.25) is 5.91 Å². The number of hydrogen-bond acceptors (Lipinski definition) is 5. The van der Waals surface area contributed by atoms with E-state index < -0.39 is 0 Å². The van der Waals surface area contributed by atoms with Gasteiger partial charge >= 0.3 is 0 Å². The monoisotopic (exact) mass is 379 g/mol. The summed E-state index contributed by atoms with van der Waals surface area (Å²) in [7, 11) is 0. The summed E-state index contributed by atoms with van der Waals surface area (Å²) in [6.07, 6.45) is 5.38. The molecule has 7 heteroatoms. The van der Waals surface area contributed by atoms with E-state index in [1.54, 1.807) is 4.52 Å². The molecule has 5 rings (SSSR count). The van der Waals surface area contributed by atoms with E-state index in [-0.39, 0.29) is 17.9 Å². The first-order valence-corrected chi connectivity index (χ1v) is 10.2. The Morgan fingerprint density at radius 2 is 2.18 bits per heavy atom. The number of pyridine rings is 1. The zero-order valence-electron chi connectivity index (χ0n) is 16.2. The van der Waals surface area contributed by atoms with Crippen LogP contribution in [0.25, 0.3) is 16.6 Å². The summed E-state index contributed by atoms with van der Waals surface area (Å²) in [6.45, 7) is 4.02. The predicted octanol–water partition coefficient (Wildman–Crippen LogP) is 2.89. The van der Waals surface area contributed by atoms with Gasteiger partial charge in [-0.15, -0.1) is 5.10 Å². The third kappa shape index (κ3) is 3.03. The van der Waals surface area contributed by atoms with Crippen molar-refractivity contribution < 1.29 is 9.53 Å². The van der Waals surface area contributed by atoms with Crippen LogP contribution < -0.4 is 0 Å². The number of tetrazole rings is 1. The Hall–Kier alpha value is -2.54. The second kappa shape index (κ2) is 7.13. The Morgan fingerprint density at radius 3 is 2.93 bits per heavy atom. The molecule has 1 saturated heterocycles. The van der Waals surface area contributed by atoms with Gasteiger partial charge in [0.25, 0.3) is 0 Å². The Balaban J connectivity index is 1.52. The predicted molar refractivity (Wildman–Crippen MR) is 105 cm³/mol. The SMILES string of the molecule is Cc1cccc2cc(CN(CC3CCCO3)C(=O)C3CCC3)c3nnnn3c12. The summed E-state index contributed by atoms with van der Waals surface area (Å²) in [5.41, 5.74) is 3.85. The molecule has 1 saturated carbocycles. The van der Waals surface area contributed by atoms with Crippen LogP contribution in [-0.2, 0) is 16.1 Å². The van der Waals surface area contributed by atoms with E-state index in [9.17, 15) is 4.79 Å². The van der Waals surface area contributed by atoms with Crippen LogP contribution >= 0.6 is 0 Å². The van der Waals surface area contributed by atoms with Crippen molar-refractivity contribution in [1.82, 2.24) is 24.9 Å². The lowest BCUT2D eigenvalue weighted by Crippen LogP contribution is -2.42. The highest BCUT2D eigenvalue weighted by Crippen LogP contribution is 2.30. The largest absolute Gasteiger partial charge is 0.376 e. The first-order chi connectivity index (χ1) is 13.7. The second-order valence-electron chi connectivity index (χ2n) is 8.08. The highest BCUT2D eigenvalue weighted by Gasteiger charge is 2.32. The van der Waals surface area contributed by atoms with Gasteiger partial charge in [-0.3, -0.25) is 4.79 Å². The number of hydrogen-bond donors (Lipinski definition) is 0. The van der Waals surface area contributed by atoms with Crippen molar-refractivity contribution in [2.45, 2.75) is 51.7 Å². The van der Waals surface area contributed by atoms with Crippen molar-refractivity contribution in [1.29, 1.82) is 0 Å². The molecule has 3 heterocycles. The van der Waals surface area contributed by atoms with E-state index >= 15 is 0 Å². The molecule has 0 spiro atoms. The summed E-state index contributed by atoms with van der Waals surface area (Å²) in [4.78, 5) is 15.1. The number of amides is 1. The molecule has 1 unspecified atom stereocenters. The first-order valence-electron chi connectivity index (χ1n) is 10.2. The van der Waals surface area contributed by atoms with E-state index in [0.717, 1.165) is 66.4 Å². The van der Waals surface area contributed by atoms with Crippen LogP contribution in [0.1, 0.15) is 43.2 Å². The van der Waals surface area contributed by atoms with E-state index in [0.29, 0.717) is 13.1 Å². The summed E-state index contributed by atoms with van der Waals surface area (Å²) in [6, 6.07) is 8.31. The molecule has 2 aromatic heterocycles. The van der Waals surface area contributed by atoms with Gasteiger partial charge in [0.15, 0.2) is 5.65 Å². The number of aromatic nitrogens is 4.